The van der Waals surface area contributed by atoms with E-state index in [4.69, 9.17) is 20.2 Å². The minimum atomic E-state index is 0.279. The fraction of sp³-hybridized carbons (Fsp3) is 0.0714. The molecule has 2 N–H and O–H groups in total. The molecule has 0 spiro atoms. The van der Waals surface area contributed by atoms with E-state index in [1.807, 2.05) is 83.3 Å². The first-order valence-corrected chi connectivity index (χ1v) is 11.5. The van der Waals surface area contributed by atoms with E-state index in [0.29, 0.717) is 36.3 Å². The third kappa shape index (κ3) is 4.05. The highest BCUT2D eigenvalue weighted by molar-refractivity contribution is 6.07. The van der Waals surface area contributed by atoms with Crippen LogP contribution in [-0.2, 0) is 13.2 Å². The van der Waals surface area contributed by atoms with E-state index in [1.165, 1.54) is 0 Å². The predicted octanol–water partition coefficient (Wildman–Crippen LogP) is 5.08. The number of benzene rings is 2. The van der Waals surface area contributed by atoms with Gasteiger partial charge in [0.15, 0.2) is 5.65 Å². The molecule has 4 aromatic heterocycles. The summed E-state index contributed by atoms with van der Waals surface area (Å²) in [6, 6.07) is 25.8. The van der Waals surface area contributed by atoms with Gasteiger partial charge in [-0.2, -0.15) is 4.98 Å². The van der Waals surface area contributed by atoms with Crippen LogP contribution in [-0.4, -0.2) is 24.3 Å². The van der Waals surface area contributed by atoms with Crippen LogP contribution in [0.3, 0.4) is 0 Å². The van der Waals surface area contributed by atoms with Crippen molar-refractivity contribution in [1.82, 2.24) is 24.3 Å². The monoisotopic (exact) mass is 474 g/mol. The van der Waals surface area contributed by atoms with Gasteiger partial charge >= 0.3 is 6.01 Å². The Morgan fingerprint density at radius 1 is 0.694 bits per heavy atom. The largest absolute Gasteiger partial charge is 0.488 e. The molecule has 0 aliphatic heterocycles. The predicted molar refractivity (Wildman–Crippen MR) is 137 cm³/mol. The fourth-order valence-electron chi connectivity index (χ4n) is 4.21. The molecule has 0 unspecified atom stereocenters. The first kappa shape index (κ1) is 21.5. The number of aromatic nitrogens is 5. The maximum absolute atomic E-state index is 6.28. The van der Waals surface area contributed by atoms with Gasteiger partial charge in [-0.1, -0.05) is 60.7 Å². The van der Waals surface area contributed by atoms with Gasteiger partial charge in [-0.25, -0.2) is 15.0 Å². The van der Waals surface area contributed by atoms with E-state index in [-0.39, 0.29) is 6.01 Å². The summed E-state index contributed by atoms with van der Waals surface area (Å²) < 4.78 is 14.0. The summed E-state index contributed by atoms with van der Waals surface area (Å²) in [7, 11) is 0. The minimum Gasteiger partial charge on any atom is -0.488 e. The molecule has 4 heterocycles. The Bertz CT molecular complexity index is 1650. The number of nitrogens with two attached hydrogens (primary N) is 1. The van der Waals surface area contributed by atoms with E-state index in [2.05, 4.69) is 15.0 Å². The second-order valence-electron chi connectivity index (χ2n) is 8.18. The Morgan fingerprint density at radius 3 is 2.11 bits per heavy atom. The highest BCUT2D eigenvalue weighted by Gasteiger charge is 2.22. The first-order valence-electron chi connectivity index (χ1n) is 11.5. The van der Waals surface area contributed by atoms with Crippen LogP contribution in [0.4, 0.5) is 5.95 Å². The molecule has 6 rings (SSSR count). The fourth-order valence-corrected chi connectivity index (χ4v) is 4.21. The Balaban J connectivity index is 1.46. The molecule has 0 saturated carbocycles. The minimum absolute atomic E-state index is 0.279. The lowest BCUT2D eigenvalue weighted by Crippen LogP contribution is -2.00. The number of hydrogen-bond donors (Lipinski definition) is 1. The standard InChI is InChI=1S/C28H22N6O2/c29-27-31-15-12-22-24(21-11-14-32-28(33-21)36-18-20-9-5-2-6-10-20)25-23(13-16-30-26(25)34(22)27)35-17-19-7-3-1-4-8-19/h1-16H,17-18H2,(H2,29,31). The average Bonchev–Trinajstić information content (AvgIpc) is 3.28. The lowest BCUT2D eigenvalue weighted by atomic mass is 10.1. The molecule has 0 bridgehead atoms. The van der Waals surface area contributed by atoms with Crippen LogP contribution in [0.1, 0.15) is 11.1 Å². The summed E-state index contributed by atoms with van der Waals surface area (Å²) >= 11 is 0. The highest BCUT2D eigenvalue weighted by atomic mass is 16.5. The average molecular weight is 475 g/mol. The van der Waals surface area contributed by atoms with Gasteiger partial charge < -0.3 is 15.2 Å². The third-order valence-corrected chi connectivity index (χ3v) is 5.86. The van der Waals surface area contributed by atoms with Gasteiger partial charge in [-0.3, -0.25) is 4.40 Å². The highest BCUT2D eigenvalue weighted by Crippen LogP contribution is 2.40. The molecule has 2 aromatic carbocycles. The Labute approximate surface area is 207 Å². The SMILES string of the molecule is Nc1nccc2c(-c3ccnc(OCc4ccccc4)n3)c3c(OCc4ccccc4)ccnc3n12. The molecule has 0 fully saturated rings. The molecule has 0 aliphatic rings. The quantitative estimate of drug-likeness (QED) is 0.344. The molecule has 0 saturated heterocycles. The van der Waals surface area contributed by atoms with Crippen LogP contribution >= 0.6 is 0 Å². The van der Waals surface area contributed by atoms with Crippen molar-refractivity contribution in [2.45, 2.75) is 13.2 Å². The number of hydrogen-bond acceptors (Lipinski definition) is 7. The lowest BCUT2D eigenvalue weighted by molar-refractivity contribution is 0.281. The lowest BCUT2D eigenvalue weighted by Gasteiger charge is -2.10. The summed E-state index contributed by atoms with van der Waals surface area (Å²) in [5.74, 6) is 0.999. The van der Waals surface area contributed by atoms with Gasteiger partial charge in [0.2, 0.25) is 5.95 Å². The molecule has 0 radical (unpaired) electrons. The van der Waals surface area contributed by atoms with Crippen molar-refractivity contribution in [3.63, 3.8) is 0 Å². The zero-order valence-electron chi connectivity index (χ0n) is 19.3. The maximum Gasteiger partial charge on any atom is 0.317 e. The zero-order chi connectivity index (χ0) is 24.3. The molecular formula is C28H22N6O2. The number of anilines is 1. The summed E-state index contributed by atoms with van der Waals surface area (Å²) in [5, 5.41) is 0.792. The molecule has 0 atom stereocenters. The number of nitrogen functional groups attached to an aromatic ring is 1. The number of fused-ring (bicyclic) bond motifs is 3. The normalized spacial score (nSPS) is 11.1. The number of nitrogens with zero attached hydrogens (tertiary/aromatic N) is 5. The topological polar surface area (TPSA) is 100 Å². The molecule has 0 aliphatic carbocycles. The number of ether oxygens (including phenoxy) is 2. The van der Waals surface area contributed by atoms with Gasteiger partial charge in [-0.05, 0) is 29.3 Å². The molecule has 36 heavy (non-hydrogen) atoms. The van der Waals surface area contributed by atoms with Crippen molar-refractivity contribution in [3.05, 3.63) is 109 Å². The molecular weight excluding hydrogens is 452 g/mol. The second-order valence-corrected chi connectivity index (χ2v) is 8.18. The summed E-state index contributed by atoms with van der Waals surface area (Å²) in [5.41, 5.74) is 11.3. The molecule has 0 amide bonds. The van der Waals surface area contributed by atoms with E-state index >= 15 is 0 Å². The Kier molecular flexibility index (Phi) is 5.59. The molecule has 6 aromatic rings. The summed E-state index contributed by atoms with van der Waals surface area (Å²) in [4.78, 5) is 17.9. The van der Waals surface area contributed by atoms with E-state index < -0.39 is 0 Å². The van der Waals surface area contributed by atoms with Crippen LogP contribution in [0, 0.1) is 0 Å². The van der Waals surface area contributed by atoms with E-state index in [0.717, 1.165) is 27.6 Å². The Morgan fingerprint density at radius 2 is 1.36 bits per heavy atom. The van der Waals surface area contributed by atoms with Gasteiger partial charge in [0, 0.05) is 24.2 Å². The zero-order valence-corrected chi connectivity index (χ0v) is 19.3. The first-order chi connectivity index (χ1) is 17.8. The number of rotatable bonds is 7. The van der Waals surface area contributed by atoms with Crippen molar-refractivity contribution in [1.29, 1.82) is 0 Å². The van der Waals surface area contributed by atoms with Crippen molar-refractivity contribution >= 4 is 22.5 Å². The van der Waals surface area contributed by atoms with Crippen molar-refractivity contribution in [3.8, 4) is 23.0 Å². The van der Waals surface area contributed by atoms with Crippen LogP contribution in [0.5, 0.6) is 11.8 Å². The number of pyridine rings is 1. The maximum atomic E-state index is 6.28. The van der Waals surface area contributed by atoms with Crippen LogP contribution in [0.2, 0.25) is 0 Å². The second kappa shape index (κ2) is 9.34. The summed E-state index contributed by atoms with van der Waals surface area (Å²) in [6.07, 6.45) is 5.06. The smallest absolute Gasteiger partial charge is 0.317 e. The van der Waals surface area contributed by atoms with Crippen molar-refractivity contribution in [2.75, 3.05) is 5.73 Å². The van der Waals surface area contributed by atoms with Gasteiger partial charge in [0.1, 0.15) is 19.0 Å². The van der Waals surface area contributed by atoms with E-state index in [1.54, 1.807) is 18.6 Å². The molecule has 8 heteroatoms. The van der Waals surface area contributed by atoms with Crippen LogP contribution in [0.25, 0.3) is 27.8 Å². The van der Waals surface area contributed by atoms with Crippen molar-refractivity contribution < 1.29 is 9.47 Å². The van der Waals surface area contributed by atoms with Crippen LogP contribution < -0.4 is 15.2 Å². The van der Waals surface area contributed by atoms with Gasteiger partial charge in [0.25, 0.3) is 0 Å². The summed E-state index contributed by atoms with van der Waals surface area (Å²) in [6.45, 7) is 0.778. The van der Waals surface area contributed by atoms with Gasteiger partial charge in [0.05, 0.1) is 16.6 Å². The van der Waals surface area contributed by atoms with Gasteiger partial charge in [-0.15, -0.1) is 0 Å². The molecule has 176 valence electrons. The Hall–Kier alpha value is -4.98. The van der Waals surface area contributed by atoms with Crippen LogP contribution in [0.15, 0.2) is 97.5 Å². The molecule has 8 nitrogen and oxygen atoms in total. The third-order valence-electron chi connectivity index (χ3n) is 5.86. The van der Waals surface area contributed by atoms with E-state index in [9.17, 15) is 0 Å². The van der Waals surface area contributed by atoms with Crippen molar-refractivity contribution in [2.24, 2.45) is 0 Å².